The first-order valence-electron chi connectivity index (χ1n) is 8.26. The van der Waals surface area contributed by atoms with Crippen molar-refractivity contribution in [2.75, 3.05) is 5.32 Å². The molecule has 26 heavy (non-hydrogen) atoms. The zero-order valence-corrected chi connectivity index (χ0v) is 14.5. The summed E-state index contributed by atoms with van der Waals surface area (Å²) in [6.07, 6.45) is -1.99. The van der Waals surface area contributed by atoms with Crippen molar-refractivity contribution in [1.82, 2.24) is 0 Å². The number of rotatable bonds is 6. The van der Waals surface area contributed by atoms with Crippen molar-refractivity contribution in [3.8, 4) is 0 Å². The number of halogens is 3. The van der Waals surface area contributed by atoms with Crippen molar-refractivity contribution >= 4 is 22.4 Å². The maximum atomic E-state index is 13.0. The molecule has 3 nitrogen and oxygen atoms in total. The molecule has 2 aromatic rings. The molecule has 0 heterocycles. The van der Waals surface area contributed by atoms with Gasteiger partial charge in [0.05, 0.1) is 5.57 Å². The van der Waals surface area contributed by atoms with Crippen LogP contribution in [0, 0.1) is 0 Å². The van der Waals surface area contributed by atoms with Gasteiger partial charge in [0.1, 0.15) is 5.70 Å². The number of aliphatic carboxylic acids is 1. The molecule has 0 aromatic heterocycles. The SMILES string of the molecule is CC/C=C(/C=C(\Nc1ccc2cc(CC)ccc2c1)C(=O)O)C(F)(F)F. The summed E-state index contributed by atoms with van der Waals surface area (Å²) >= 11 is 0. The van der Waals surface area contributed by atoms with Gasteiger partial charge in [-0.2, -0.15) is 13.2 Å². The van der Waals surface area contributed by atoms with Gasteiger partial charge in [-0.15, -0.1) is 0 Å². The van der Waals surface area contributed by atoms with Gasteiger partial charge in [-0.05, 0) is 47.4 Å². The summed E-state index contributed by atoms with van der Waals surface area (Å²) < 4.78 is 39.0. The molecule has 138 valence electrons. The van der Waals surface area contributed by atoms with Crippen LogP contribution in [0.2, 0.25) is 0 Å². The van der Waals surface area contributed by atoms with Crippen molar-refractivity contribution in [3.05, 3.63) is 65.4 Å². The summed E-state index contributed by atoms with van der Waals surface area (Å²) in [5.74, 6) is -1.46. The Morgan fingerprint density at radius 1 is 1.12 bits per heavy atom. The number of anilines is 1. The summed E-state index contributed by atoms with van der Waals surface area (Å²) in [5, 5.41) is 13.7. The van der Waals surface area contributed by atoms with Gasteiger partial charge in [0, 0.05) is 5.69 Å². The van der Waals surface area contributed by atoms with Crippen LogP contribution in [0.3, 0.4) is 0 Å². The molecule has 0 aliphatic carbocycles. The average molecular weight is 363 g/mol. The van der Waals surface area contributed by atoms with Crippen molar-refractivity contribution in [3.63, 3.8) is 0 Å². The lowest BCUT2D eigenvalue weighted by Crippen LogP contribution is -2.16. The van der Waals surface area contributed by atoms with Crippen molar-refractivity contribution in [2.45, 2.75) is 32.9 Å². The Morgan fingerprint density at radius 3 is 2.35 bits per heavy atom. The first-order valence-corrected chi connectivity index (χ1v) is 8.26. The van der Waals surface area contributed by atoms with Gasteiger partial charge in [0.25, 0.3) is 0 Å². The van der Waals surface area contributed by atoms with Gasteiger partial charge < -0.3 is 10.4 Å². The Balaban J connectivity index is 2.38. The van der Waals surface area contributed by atoms with E-state index in [0.717, 1.165) is 23.3 Å². The molecule has 0 aliphatic heterocycles. The number of benzene rings is 2. The van der Waals surface area contributed by atoms with E-state index in [9.17, 15) is 23.1 Å². The molecular formula is C20H20F3NO2. The first-order chi connectivity index (χ1) is 12.2. The number of allylic oxidation sites excluding steroid dienone is 3. The number of aryl methyl sites for hydroxylation is 1. The van der Waals surface area contributed by atoms with Crippen LogP contribution in [0.5, 0.6) is 0 Å². The Hall–Kier alpha value is -2.76. The minimum Gasteiger partial charge on any atom is -0.477 e. The first kappa shape index (κ1) is 19.6. The lowest BCUT2D eigenvalue weighted by molar-refractivity contribution is -0.132. The predicted molar refractivity (Wildman–Crippen MR) is 97.1 cm³/mol. The van der Waals surface area contributed by atoms with Crippen LogP contribution >= 0.6 is 0 Å². The smallest absolute Gasteiger partial charge is 0.416 e. The van der Waals surface area contributed by atoms with E-state index in [-0.39, 0.29) is 6.42 Å². The highest BCUT2D eigenvalue weighted by atomic mass is 19.4. The summed E-state index contributed by atoms with van der Waals surface area (Å²) in [5.41, 5.74) is 0.0575. The summed E-state index contributed by atoms with van der Waals surface area (Å²) in [7, 11) is 0. The van der Waals surface area contributed by atoms with Gasteiger partial charge >= 0.3 is 12.1 Å². The number of carboxylic acids is 1. The number of nitrogens with one attached hydrogen (secondary N) is 1. The van der Waals surface area contributed by atoms with Crippen molar-refractivity contribution in [2.24, 2.45) is 0 Å². The Morgan fingerprint density at radius 2 is 1.77 bits per heavy atom. The second-order valence-electron chi connectivity index (χ2n) is 5.80. The van der Waals surface area contributed by atoms with Crippen LogP contribution in [0.15, 0.2) is 59.8 Å². The molecule has 0 unspecified atom stereocenters. The summed E-state index contributed by atoms with van der Waals surface area (Å²) in [6, 6.07) is 11.1. The van der Waals surface area contributed by atoms with E-state index in [1.165, 1.54) is 5.56 Å². The van der Waals surface area contributed by atoms with Crippen molar-refractivity contribution < 1.29 is 23.1 Å². The Kier molecular flexibility index (Phi) is 6.08. The molecule has 0 amide bonds. The fraction of sp³-hybridized carbons (Fsp3) is 0.250. The number of hydrogen-bond donors (Lipinski definition) is 2. The molecule has 2 N–H and O–H groups in total. The Labute approximate surface area is 149 Å². The third kappa shape index (κ3) is 4.88. The Bertz CT molecular complexity index is 867. The maximum absolute atomic E-state index is 13.0. The van der Waals surface area contributed by atoms with Gasteiger partial charge in [-0.3, -0.25) is 0 Å². The molecular weight excluding hydrogens is 343 g/mol. The third-order valence-electron chi connectivity index (χ3n) is 3.87. The predicted octanol–water partition coefficient (Wildman–Crippen LogP) is 5.68. The number of carboxylic acid groups (broad SMARTS) is 1. The van der Waals surface area contributed by atoms with Crippen LogP contribution in [-0.4, -0.2) is 17.3 Å². The van der Waals surface area contributed by atoms with Crippen LogP contribution in [0.1, 0.15) is 25.8 Å². The minimum absolute atomic E-state index is 0.147. The van der Waals surface area contributed by atoms with E-state index in [1.807, 2.05) is 31.2 Å². The lowest BCUT2D eigenvalue weighted by Gasteiger charge is -2.12. The topological polar surface area (TPSA) is 49.3 Å². The number of hydrogen-bond acceptors (Lipinski definition) is 2. The summed E-state index contributed by atoms with van der Waals surface area (Å²) in [6.45, 7) is 3.60. The fourth-order valence-electron chi connectivity index (χ4n) is 2.53. The highest BCUT2D eigenvalue weighted by Gasteiger charge is 2.32. The standard InChI is InChI=1S/C20H20F3NO2/c1-3-5-16(20(21,22)23)12-18(19(25)26)24-17-9-8-14-10-13(4-2)6-7-15(14)11-17/h5-12,24H,3-4H2,1-2H3,(H,25,26)/b16-5-,18-12-. The lowest BCUT2D eigenvalue weighted by atomic mass is 10.0. The van der Waals surface area contributed by atoms with Gasteiger partial charge in [-0.1, -0.05) is 44.2 Å². The zero-order valence-electron chi connectivity index (χ0n) is 14.5. The average Bonchev–Trinajstić information content (AvgIpc) is 2.59. The fourth-order valence-corrected chi connectivity index (χ4v) is 2.53. The number of alkyl halides is 3. The minimum atomic E-state index is -4.61. The van der Waals surface area contributed by atoms with Crippen LogP contribution in [-0.2, 0) is 11.2 Å². The molecule has 0 saturated carbocycles. The largest absolute Gasteiger partial charge is 0.477 e. The van der Waals surface area contributed by atoms with Crippen LogP contribution in [0.25, 0.3) is 10.8 Å². The molecule has 0 saturated heterocycles. The van der Waals surface area contributed by atoms with Gasteiger partial charge in [0.2, 0.25) is 0 Å². The van der Waals surface area contributed by atoms with E-state index in [0.29, 0.717) is 11.8 Å². The number of carbonyl (C=O) groups is 1. The van der Waals surface area contributed by atoms with Crippen LogP contribution < -0.4 is 5.32 Å². The molecule has 0 fully saturated rings. The van der Waals surface area contributed by atoms with Gasteiger partial charge in [0.15, 0.2) is 0 Å². The molecule has 0 bridgehead atoms. The molecule has 2 rings (SSSR count). The van der Waals surface area contributed by atoms with E-state index < -0.39 is 23.4 Å². The zero-order chi connectivity index (χ0) is 19.3. The molecule has 2 aromatic carbocycles. The second kappa shape index (κ2) is 8.08. The van der Waals surface area contributed by atoms with E-state index in [1.54, 1.807) is 19.1 Å². The highest BCUT2D eigenvalue weighted by molar-refractivity contribution is 5.93. The maximum Gasteiger partial charge on any atom is 0.416 e. The normalized spacial score (nSPS) is 13.1. The molecule has 0 spiro atoms. The quantitative estimate of drug-likeness (QED) is 0.513. The molecule has 6 heteroatoms. The molecule has 0 radical (unpaired) electrons. The van der Waals surface area contributed by atoms with Crippen LogP contribution in [0.4, 0.5) is 18.9 Å². The van der Waals surface area contributed by atoms with Crippen molar-refractivity contribution in [1.29, 1.82) is 0 Å². The monoisotopic (exact) mass is 363 g/mol. The van der Waals surface area contributed by atoms with Gasteiger partial charge in [-0.25, -0.2) is 4.79 Å². The van der Waals surface area contributed by atoms with E-state index in [4.69, 9.17) is 0 Å². The highest BCUT2D eigenvalue weighted by Crippen LogP contribution is 2.29. The van der Waals surface area contributed by atoms with E-state index in [2.05, 4.69) is 5.32 Å². The number of fused-ring (bicyclic) bond motifs is 1. The molecule has 0 atom stereocenters. The second-order valence-corrected chi connectivity index (χ2v) is 5.80. The van der Waals surface area contributed by atoms with E-state index >= 15 is 0 Å². The molecule has 0 aliphatic rings. The third-order valence-corrected chi connectivity index (χ3v) is 3.87. The summed E-state index contributed by atoms with van der Waals surface area (Å²) in [4.78, 5) is 11.4.